The van der Waals surface area contributed by atoms with Crippen LogP contribution in [0, 0.1) is 6.92 Å². The van der Waals surface area contributed by atoms with E-state index in [1.54, 1.807) is 0 Å². The van der Waals surface area contributed by atoms with E-state index in [-0.39, 0.29) is 0 Å². The number of anilines is 2. The molecule has 0 spiro atoms. The van der Waals surface area contributed by atoms with E-state index in [9.17, 15) is 0 Å². The fourth-order valence-electron chi connectivity index (χ4n) is 2.22. The van der Waals surface area contributed by atoms with Gasteiger partial charge in [0.15, 0.2) is 5.11 Å². The summed E-state index contributed by atoms with van der Waals surface area (Å²) >= 11 is 5.43. The van der Waals surface area contributed by atoms with Gasteiger partial charge >= 0.3 is 0 Å². The van der Waals surface area contributed by atoms with Crippen molar-refractivity contribution in [3.8, 4) is 0 Å². The standard InChI is InChI=1S/C18H22N2S/c1-3-4-10-15-11-6-8-13-17(15)20-18(21)19-16-12-7-5-9-14(16)2/h5-9,11-13H,3-4,10H2,1-2H3,(H2,19,20,21). The molecule has 3 heteroatoms. The lowest BCUT2D eigenvalue weighted by atomic mass is 10.1. The number of aryl methyl sites for hydroxylation is 2. The van der Waals surface area contributed by atoms with Crippen molar-refractivity contribution in [2.24, 2.45) is 0 Å². The smallest absolute Gasteiger partial charge is 0.175 e. The molecule has 2 aromatic carbocycles. The van der Waals surface area contributed by atoms with Gasteiger partial charge in [-0.05, 0) is 55.2 Å². The maximum absolute atomic E-state index is 5.43. The minimum atomic E-state index is 0.633. The Morgan fingerprint density at radius 3 is 2.29 bits per heavy atom. The Labute approximate surface area is 132 Å². The zero-order valence-corrected chi connectivity index (χ0v) is 13.5. The predicted octanol–water partition coefficient (Wildman–Crippen LogP) is 5.15. The van der Waals surface area contributed by atoms with Crippen molar-refractivity contribution >= 4 is 28.7 Å². The van der Waals surface area contributed by atoms with Crippen molar-refractivity contribution in [2.45, 2.75) is 33.1 Å². The Balaban J connectivity index is 2.04. The molecule has 2 nitrogen and oxygen atoms in total. The molecule has 0 aliphatic heterocycles. The first-order valence-corrected chi connectivity index (χ1v) is 7.83. The van der Waals surface area contributed by atoms with Crippen LogP contribution in [0.5, 0.6) is 0 Å². The maximum atomic E-state index is 5.43. The number of benzene rings is 2. The molecule has 0 radical (unpaired) electrons. The second-order valence-electron chi connectivity index (χ2n) is 5.15. The average Bonchev–Trinajstić information content (AvgIpc) is 2.49. The van der Waals surface area contributed by atoms with E-state index in [4.69, 9.17) is 12.2 Å². The first-order chi connectivity index (χ1) is 10.2. The normalized spacial score (nSPS) is 10.2. The van der Waals surface area contributed by atoms with Gasteiger partial charge in [0, 0.05) is 11.4 Å². The molecule has 0 aromatic heterocycles. The van der Waals surface area contributed by atoms with Crippen LogP contribution >= 0.6 is 12.2 Å². The van der Waals surface area contributed by atoms with Crippen LogP contribution in [0.15, 0.2) is 48.5 Å². The van der Waals surface area contributed by atoms with Crippen molar-refractivity contribution in [2.75, 3.05) is 10.6 Å². The van der Waals surface area contributed by atoms with Gasteiger partial charge in [0.1, 0.15) is 0 Å². The maximum Gasteiger partial charge on any atom is 0.175 e. The molecular weight excluding hydrogens is 276 g/mol. The molecule has 0 heterocycles. The van der Waals surface area contributed by atoms with Crippen LogP contribution in [0.4, 0.5) is 11.4 Å². The van der Waals surface area contributed by atoms with Gasteiger partial charge < -0.3 is 10.6 Å². The summed E-state index contributed by atoms with van der Waals surface area (Å²) in [7, 11) is 0. The molecule has 0 bridgehead atoms. The Morgan fingerprint density at radius 1 is 0.952 bits per heavy atom. The van der Waals surface area contributed by atoms with Gasteiger partial charge in [0.2, 0.25) is 0 Å². The zero-order chi connectivity index (χ0) is 15.1. The molecule has 0 atom stereocenters. The van der Waals surface area contributed by atoms with Crippen molar-refractivity contribution in [3.63, 3.8) is 0 Å². The summed E-state index contributed by atoms with van der Waals surface area (Å²) in [5.74, 6) is 0. The first-order valence-electron chi connectivity index (χ1n) is 7.42. The number of rotatable bonds is 5. The zero-order valence-electron chi connectivity index (χ0n) is 12.6. The quantitative estimate of drug-likeness (QED) is 0.747. The number of hydrogen-bond acceptors (Lipinski definition) is 1. The molecule has 0 aliphatic rings. The van der Waals surface area contributed by atoms with E-state index in [0.29, 0.717) is 5.11 Å². The minimum Gasteiger partial charge on any atom is -0.332 e. The summed E-state index contributed by atoms with van der Waals surface area (Å²) in [5.41, 5.74) is 4.63. The van der Waals surface area contributed by atoms with Gasteiger partial charge in [-0.2, -0.15) is 0 Å². The summed E-state index contributed by atoms with van der Waals surface area (Å²) in [4.78, 5) is 0. The summed E-state index contributed by atoms with van der Waals surface area (Å²) in [6.45, 7) is 4.28. The molecule has 0 saturated carbocycles. The Kier molecular flexibility index (Phi) is 5.76. The van der Waals surface area contributed by atoms with Gasteiger partial charge in [-0.15, -0.1) is 0 Å². The highest BCUT2D eigenvalue weighted by Crippen LogP contribution is 2.19. The third kappa shape index (κ3) is 4.57. The summed E-state index contributed by atoms with van der Waals surface area (Å²) in [6.07, 6.45) is 3.46. The molecule has 0 saturated heterocycles. The van der Waals surface area contributed by atoms with Crippen LogP contribution in [0.1, 0.15) is 30.9 Å². The van der Waals surface area contributed by atoms with Crippen LogP contribution in [0.3, 0.4) is 0 Å². The van der Waals surface area contributed by atoms with E-state index >= 15 is 0 Å². The number of thiocarbonyl (C=S) groups is 1. The van der Waals surface area contributed by atoms with E-state index in [2.05, 4.69) is 48.7 Å². The Morgan fingerprint density at radius 2 is 1.57 bits per heavy atom. The van der Waals surface area contributed by atoms with Gasteiger partial charge in [0.25, 0.3) is 0 Å². The van der Waals surface area contributed by atoms with Crippen LogP contribution in [-0.2, 0) is 6.42 Å². The number of para-hydroxylation sites is 2. The highest BCUT2D eigenvalue weighted by Gasteiger charge is 2.05. The average molecular weight is 298 g/mol. The topological polar surface area (TPSA) is 24.1 Å². The minimum absolute atomic E-state index is 0.633. The van der Waals surface area contributed by atoms with Gasteiger partial charge in [0.05, 0.1) is 0 Å². The third-order valence-corrected chi connectivity index (χ3v) is 3.66. The Bertz CT molecular complexity index is 608. The van der Waals surface area contributed by atoms with Crippen molar-refractivity contribution in [1.29, 1.82) is 0 Å². The number of nitrogens with one attached hydrogen (secondary N) is 2. The lowest BCUT2D eigenvalue weighted by Crippen LogP contribution is -2.20. The summed E-state index contributed by atoms with van der Waals surface area (Å²) < 4.78 is 0. The van der Waals surface area contributed by atoms with Crippen molar-refractivity contribution < 1.29 is 0 Å². The van der Waals surface area contributed by atoms with Gasteiger partial charge in [-0.3, -0.25) is 0 Å². The lowest BCUT2D eigenvalue weighted by molar-refractivity contribution is 0.796. The van der Waals surface area contributed by atoms with E-state index in [1.165, 1.54) is 24.0 Å². The monoisotopic (exact) mass is 298 g/mol. The van der Waals surface area contributed by atoms with E-state index in [1.807, 2.05) is 24.3 Å². The second-order valence-corrected chi connectivity index (χ2v) is 5.56. The van der Waals surface area contributed by atoms with Gasteiger partial charge in [-0.1, -0.05) is 49.7 Å². The van der Waals surface area contributed by atoms with E-state index in [0.717, 1.165) is 17.8 Å². The largest absolute Gasteiger partial charge is 0.332 e. The molecule has 0 aliphatic carbocycles. The molecule has 2 N–H and O–H groups in total. The van der Waals surface area contributed by atoms with Crippen molar-refractivity contribution in [1.82, 2.24) is 0 Å². The van der Waals surface area contributed by atoms with Crippen LogP contribution in [-0.4, -0.2) is 5.11 Å². The molecule has 0 fully saturated rings. The summed E-state index contributed by atoms with van der Waals surface area (Å²) in [6, 6.07) is 16.5. The molecule has 2 rings (SSSR count). The summed E-state index contributed by atoms with van der Waals surface area (Å²) in [5, 5.41) is 7.21. The predicted molar refractivity (Wildman–Crippen MR) is 96.1 cm³/mol. The van der Waals surface area contributed by atoms with Crippen LogP contribution in [0.25, 0.3) is 0 Å². The van der Waals surface area contributed by atoms with Crippen molar-refractivity contribution in [3.05, 3.63) is 59.7 Å². The molecule has 0 unspecified atom stereocenters. The number of hydrogen-bond donors (Lipinski definition) is 2. The fraction of sp³-hybridized carbons (Fsp3) is 0.278. The lowest BCUT2D eigenvalue weighted by Gasteiger charge is -2.15. The SMILES string of the molecule is CCCCc1ccccc1NC(=S)Nc1ccccc1C. The van der Waals surface area contributed by atoms with E-state index < -0.39 is 0 Å². The highest BCUT2D eigenvalue weighted by atomic mass is 32.1. The second kappa shape index (κ2) is 7.79. The molecule has 21 heavy (non-hydrogen) atoms. The highest BCUT2D eigenvalue weighted by molar-refractivity contribution is 7.80. The van der Waals surface area contributed by atoms with Crippen LogP contribution < -0.4 is 10.6 Å². The first kappa shape index (κ1) is 15.5. The van der Waals surface area contributed by atoms with Crippen LogP contribution in [0.2, 0.25) is 0 Å². The van der Waals surface area contributed by atoms with Gasteiger partial charge in [-0.25, -0.2) is 0 Å². The Hall–Kier alpha value is -1.87. The fourth-order valence-corrected chi connectivity index (χ4v) is 2.44. The molecule has 0 amide bonds. The molecule has 2 aromatic rings. The third-order valence-electron chi connectivity index (χ3n) is 3.46. The molecule has 110 valence electrons. The number of unbranched alkanes of at least 4 members (excludes halogenated alkanes) is 1. The molecular formula is C18H22N2S.